The van der Waals surface area contributed by atoms with Crippen molar-refractivity contribution in [2.75, 3.05) is 27.4 Å². The van der Waals surface area contributed by atoms with Crippen molar-refractivity contribution in [1.29, 1.82) is 0 Å². The van der Waals surface area contributed by atoms with E-state index in [0.29, 0.717) is 37.9 Å². The van der Waals surface area contributed by atoms with E-state index in [9.17, 15) is 9.90 Å². The SMILES string of the molecule is COCCCOc1cc(CC(CC[C@@H](O)CC(C(=O)N[C@H](C)c2ccccc2)C(C)C)C(C)C)ccc1OC. The number of hydrogen-bond acceptors (Lipinski definition) is 5. The predicted octanol–water partition coefficient (Wildman–Crippen LogP) is 6.61. The molecule has 0 aromatic heterocycles. The topological polar surface area (TPSA) is 77.0 Å². The van der Waals surface area contributed by atoms with E-state index in [-0.39, 0.29) is 23.8 Å². The maximum Gasteiger partial charge on any atom is 0.223 e. The first-order valence-corrected chi connectivity index (χ1v) is 14.5. The average molecular weight is 542 g/mol. The van der Waals surface area contributed by atoms with Gasteiger partial charge in [-0.1, -0.05) is 64.1 Å². The molecule has 6 heteroatoms. The fourth-order valence-electron chi connectivity index (χ4n) is 4.96. The fourth-order valence-corrected chi connectivity index (χ4v) is 4.96. The molecule has 6 nitrogen and oxygen atoms in total. The molecule has 2 aromatic rings. The first-order chi connectivity index (χ1) is 18.7. The van der Waals surface area contributed by atoms with E-state index >= 15 is 0 Å². The summed E-state index contributed by atoms with van der Waals surface area (Å²) in [5, 5.41) is 14.1. The maximum atomic E-state index is 13.1. The highest BCUT2D eigenvalue weighted by atomic mass is 16.5. The van der Waals surface area contributed by atoms with E-state index in [1.54, 1.807) is 14.2 Å². The molecule has 218 valence electrons. The van der Waals surface area contributed by atoms with E-state index in [2.05, 4.69) is 45.1 Å². The molecule has 0 saturated carbocycles. The minimum atomic E-state index is -0.521. The van der Waals surface area contributed by atoms with Crippen LogP contribution in [0.15, 0.2) is 48.5 Å². The second-order valence-corrected chi connectivity index (χ2v) is 11.3. The zero-order valence-electron chi connectivity index (χ0n) is 25.1. The summed E-state index contributed by atoms with van der Waals surface area (Å²) >= 11 is 0. The molecule has 0 aliphatic rings. The third kappa shape index (κ3) is 11.2. The van der Waals surface area contributed by atoms with Crippen LogP contribution in [0, 0.1) is 23.7 Å². The second-order valence-electron chi connectivity index (χ2n) is 11.3. The van der Waals surface area contributed by atoms with Crippen molar-refractivity contribution in [1.82, 2.24) is 5.32 Å². The number of aliphatic hydroxyl groups excluding tert-OH is 1. The lowest BCUT2D eigenvalue weighted by Gasteiger charge is -2.27. The molecular formula is C33H51NO5. The molecule has 0 spiro atoms. The lowest BCUT2D eigenvalue weighted by Crippen LogP contribution is -2.37. The third-order valence-corrected chi connectivity index (χ3v) is 7.62. The lowest BCUT2D eigenvalue weighted by molar-refractivity contribution is -0.128. The van der Waals surface area contributed by atoms with Gasteiger partial charge in [-0.2, -0.15) is 0 Å². The van der Waals surface area contributed by atoms with Crippen LogP contribution in [0.5, 0.6) is 11.5 Å². The number of amides is 1. The van der Waals surface area contributed by atoms with Crippen molar-refractivity contribution in [2.45, 2.75) is 78.9 Å². The standard InChI is InChI=1S/C33H51NO5/c1-23(2)28(20-26-14-17-31(38-7)32(21-26)39-19-11-18-37-6)15-16-29(35)22-30(24(3)4)33(36)34-25(5)27-12-9-8-10-13-27/h8-10,12-14,17,21,23-25,28-30,35H,11,15-16,18-20,22H2,1-7H3,(H,34,36)/t25-,28?,29-,30?/m1/s1. The number of carbonyl (C=O) groups is 1. The molecule has 39 heavy (non-hydrogen) atoms. The predicted molar refractivity (Wildman–Crippen MR) is 158 cm³/mol. The van der Waals surface area contributed by atoms with Gasteiger partial charge in [0.1, 0.15) is 0 Å². The summed E-state index contributed by atoms with van der Waals surface area (Å²) in [6.07, 6.45) is 3.22. The van der Waals surface area contributed by atoms with E-state index < -0.39 is 6.10 Å². The molecule has 2 unspecified atom stereocenters. The van der Waals surface area contributed by atoms with Gasteiger partial charge in [-0.3, -0.25) is 4.79 Å². The molecule has 2 rings (SSSR count). The first-order valence-electron chi connectivity index (χ1n) is 14.5. The molecule has 0 heterocycles. The van der Waals surface area contributed by atoms with E-state index in [1.165, 1.54) is 5.56 Å². The second kappa shape index (κ2) is 17.2. The Morgan fingerprint density at radius 1 is 0.897 bits per heavy atom. The van der Waals surface area contributed by atoms with E-state index in [1.807, 2.05) is 43.3 Å². The van der Waals surface area contributed by atoms with Crippen molar-refractivity contribution in [3.8, 4) is 11.5 Å². The van der Waals surface area contributed by atoms with E-state index in [4.69, 9.17) is 14.2 Å². The smallest absolute Gasteiger partial charge is 0.223 e. The average Bonchev–Trinajstić information content (AvgIpc) is 2.92. The van der Waals surface area contributed by atoms with Gasteiger partial charge in [0.25, 0.3) is 0 Å². The van der Waals surface area contributed by atoms with Gasteiger partial charge in [-0.05, 0) is 73.6 Å². The lowest BCUT2D eigenvalue weighted by atomic mass is 9.82. The van der Waals surface area contributed by atoms with Crippen LogP contribution in [0.4, 0.5) is 0 Å². The van der Waals surface area contributed by atoms with Gasteiger partial charge in [0.05, 0.1) is 25.9 Å². The van der Waals surface area contributed by atoms with Crippen LogP contribution < -0.4 is 14.8 Å². The van der Waals surface area contributed by atoms with Crippen molar-refractivity contribution in [2.24, 2.45) is 23.7 Å². The molecule has 4 atom stereocenters. The molecule has 1 amide bonds. The van der Waals surface area contributed by atoms with Gasteiger partial charge in [0.2, 0.25) is 5.91 Å². The van der Waals surface area contributed by atoms with Crippen LogP contribution in [-0.2, 0) is 16.0 Å². The Bertz CT molecular complexity index is 962. The minimum Gasteiger partial charge on any atom is -0.493 e. The molecule has 0 aliphatic heterocycles. The molecule has 0 fully saturated rings. The van der Waals surface area contributed by atoms with Gasteiger partial charge in [0, 0.05) is 26.1 Å². The molecule has 2 N–H and O–H groups in total. The summed E-state index contributed by atoms with van der Waals surface area (Å²) < 4.78 is 16.6. The van der Waals surface area contributed by atoms with Crippen molar-refractivity contribution >= 4 is 5.91 Å². The number of benzene rings is 2. The number of hydrogen-bond donors (Lipinski definition) is 2. The highest BCUT2D eigenvalue weighted by Crippen LogP contribution is 2.32. The van der Waals surface area contributed by atoms with Gasteiger partial charge < -0.3 is 24.6 Å². The van der Waals surface area contributed by atoms with Crippen molar-refractivity contribution < 1.29 is 24.1 Å². The van der Waals surface area contributed by atoms with Gasteiger partial charge in [0.15, 0.2) is 11.5 Å². The number of ether oxygens (including phenoxy) is 3. The largest absolute Gasteiger partial charge is 0.493 e. The third-order valence-electron chi connectivity index (χ3n) is 7.62. The van der Waals surface area contributed by atoms with Crippen LogP contribution in [0.3, 0.4) is 0 Å². The summed E-state index contributed by atoms with van der Waals surface area (Å²) in [6, 6.07) is 16.1. The number of aliphatic hydroxyl groups is 1. The summed E-state index contributed by atoms with van der Waals surface area (Å²) in [7, 11) is 3.34. The molecular weight excluding hydrogens is 490 g/mol. The van der Waals surface area contributed by atoms with Gasteiger partial charge in [-0.25, -0.2) is 0 Å². The Kier molecular flexibility index (Phi) is 14.4. The van der Waals surface area contributed by atoms with E-state index in [0.717, 1.165) is 36.3 Å². The van der Waals surface area contributed by atoms with Crippen molar-refractivity contribution in [3.05, 3.63) is 59.7 Å². The molecule has 2 aromatic carbocycles. The van der Waals surface area contributed by atoms with Gasteiger partial charge >= 0.3 is 0 Å². The Morgan fingerprint density at radius 2 is 1.62 bits per heavy atom. The highest BCUT2D eigenvalue weighted by Gasteiger charge is 2.27. The molecule has 0 aliphatic carbocycles. The molecule has 0 bridgehead atoms. The zero-order chi connectivity index (χ0) is 28.8. The Morgan fingerprint density at radius 3 is 2.23 bits per heavy atom. The number of nitrogens with one attached hydrogen (secondary N) is 1. The normalized spacial score (nSPS) is 14.6. The number of carbonyl (C=O) groups excluding carboxylic acids is 1. The minimum absolute atomic E-state index is 0.0112. The highest BCUT2D eigenvalue weighted by molar-refractivity contribution is 5.79. The van der Waals surface area contributed by atoms with Crippen LogP contribution in [0.1, 0.15) is 77.5 Å². The summed E-state index contributed by atoms with van der Waals surface area (Å²) in [5.41, 5.74) is 2.27. The Labute approximate surface area is 236 Å². The summed E-state index contributed by atoms with van der Waals surface area (Å²) in [6.45, 7) is 11.8. The maximum absolute atomic E-state index is 13.1. The monoisotopic (exact) mass is 541 g/mol. The number of methoxy groups -OCH3 is 2. The quantitative estimate of drug-likeness (QED) is 0.208. The van der Waals surface area contributed by atoms with Gasteiger partial charge in [-0.15, -0.1) is 0 Å². The summed E-state index contributed by atoms with van der Waals surface area (Å²) in [4.78, 5) is 13.1. The first kappa shape index (κ1) is 32.6. The fraction of sp³-hybridized carbons (Fsp3) is 0.606. The van der Waals surface area contributed by atoms with Crippen LogP contribution >= 0.6 is 0 Å². The number of rotatable bonds is 18. The zero-order valence-corrected chi connectivity index (χ0v) is 25.1. The van der Waals surface area contributed by atoms with Crippen LogP contribution in [0.2, 0.25) is 0 Å². The molecule has 0 radical (unpaired) electrons. The Hall–Kier alpha value is -2.57. The molecule has 0 saturated heterocycles. The van der Waals surface area contributed by atoms with Crippen molar-refractivity contribution in [3.63, 3.8) is 0 Å². The van der Waals surface area contributed by atoms with Crippen LogP contribution in [-0.4, -0.2) is 44.6 Å². The Balaban J connectivity index is 1.96. The summed E-state index contributed by atoms with van der Waals surface area (Å²) in [5.74, 6) is 2.27. The van der Waals surface area contributed by atoms with Crippen LogP contribution in [0.25, 0.3) is 0 Å².